The lowest BCUT2D eigenvalue weighted by atomic mass is 10.2. The summed E-state index contributed by atoms with van der Waals surface area (Å²) >= 11 is 0. The van der Waals surface area contributed by atoms with Crippen LogP contribution >= 0.6 is 0 Å². The number of nitrogens with one attached hydrogen (secondary N) is 1. The molecule has 23 heavy (non-hydrogen) atoms. The van der Waals surface area contributed by atoms with Crippen LogP contribution in [0.3, 0.4) is 0 Å². The van der Waals surface area contributed by atoms with Crippen molar-refractivity contribution in [3.05, 3.63) is 36.4 Å². The van der Waals surface area contributed by atoms with Crippen molar-refractivity contribution >= 4 is 15.9 Å². The number of sulfonamides is 1. The molecule has 0 spiro atoms. The van der Waals surface area contributed by atoms with E-state index in [4.69, 9.17) is 4.74 Å². The highest BCUT2D eigenvalue weighted by molar-refractivity contribution is 7.89. The van der Waals surface area contributed by atoms with Gasteiger partial charge in [-0.2, -0.15) is 4.31 Å². The first-order valence-corrected chi connectivity index (χ1v) is 8.91. The van der Waals surface area contributed by atoms with Crippen LogP contribution in [-0.2, 0) is 14.8 Å². The Bertz CT molecular complexity index is 700. The highest BCUT2D eigenvalue weighted by atomic mass is 32.2. The van der Waals surface area contributed by atoms with Gasteiger partial charge in [0, 0.05) is 19.2 Å². The number of benzene rings is 1. The average molecular weight is 338 g/mol. The third kappa shape index (κ3) is 3.56. The molecule has 1 atom stereocenters. The predicted molar refractivity (Wildman–Crippen MR) is 87.9 cm³/mol. The van der Waals surface area contributed by atoms with Gasteiger partial charge in [0.05, 0.1) is 12.0 Å². The van der Waals surface area contributed by atoms with E-state index < -0.39 is 16.1 Å². The fraction of sp³-hybridized carbons (Fsp3) is 0.438. The van der Waals surface area contributed by atoms with Gasteiger partial charge in [0.2, 0.25) is 15.9 Å². The monoisotopic (exact) mass is 338 g/mol. The van der Waals surface area contributed by atoms with Gasteiger partial charge in [0.1, 0.15) is 11.8 Å². The maximum Gasteiger partial charge on any atom is 0.244 e. The highest BCUT2D eigenvalue weighted by Crippen LogP contribution is 2.30. The Kier molecular flexibility index (Phi) is 5.43. The molecule has 1 aromatic rings. The molecule has 2 rings (SSSR count). The summed E-state index contributed by atoms with van der Waals surface area (Å²) in [5.74, 6) is 0.188. The molecular formula is C16H22N2O4S. The lowest BCUT2D eigenvalue weighted by Gasteiger charge is -2.24. The second-order valence-corrected chi connectivity index (χ2v) is 7.30. The lowest BCUT2D eigenvalue weighted by Crippen LogP contribution is -2.46. The molecule has 7 heteroatoms. The Morgan fingerprint density at radius 1 is 1.52 bits per heavy atom. The second kappa shape index (κ2) is 7.14. The zero-order valence-corrected chi connectivity index (χ0v) is 14.2. The Morgan fingerprint density at radius 3 is 2.91 bits per heavy atom. The van der Waals surface area contributed by atoms with Crippen LogP contribution in [0.2, 0.25) is 0 Å². The van der Waals surface area contributed by atoms with Gasteiger partial charge in [-0.05, 0) is 31.4 Å². The van der Waals surface area contributed by atoms with E-state index in [0.717, 1.165) is 0 Å². The summed E-state index contributed by atoms with van der Waals surface area (Å²) in [5.41, 5.74) is 0.628. The summed E-state index contributed by atoms with van der Waals surface area (Å²) in [6.07, 6.45) is 2.75. The van der Waals surface area contributed by atoms with Crippen LogP contribution in [0.5, 0.6) is 5.75 Å². The van der Waals surface area contributed by atoms with Crippen molar-refractivity contribution < 1.29 is 17.9 Å². The van der Waals surface area contributed by atoms with Gasteiger partial charge < -0.3 is 10.1 Å². The number of carbonyl (C=O) groups is 1. The quantitative estimate of drug-likeness (QED) is 0.797. The number of ether oxygens (including phenoxy) is 1. The predicted octanol–water partition coefficient (Wildman–Crippen LogP) is 1.46. The number of carbonyl (C=O) groups excluding carboxylic acids is 1. The minimum absolute atomic E-state index is 0.181. The summed E-state index contributed by atoms with van der Waals surface area (Å²) in [6.45, 7) is 5.94. The number of hydrogen-bond donors (Lipinski definition) is 1. The van der Waals surface area contributed by atoms with Crippen LogP contribution in [-0.4, -0.2) is 44.9 Å². The average Bonchev–Trinajstić information content (AvgIpc) is 3.03. The summed E-state index contributed by atoms with van der Waals surface area (Å²) in [7, 11) is -2.27. The summed E-state index contributed by atoms with van der Waals surface area (Å²) in [4.78, 5) is 12.4. The Morgan fingerprint density at radius 2 is 2.26 bits per heavy atom. The fourth-order valence-corrected chi connectivity index (χ4v) is 4.59. The lowest BCUT2D eigenvalue weighted by molar-refractivity contribution is -0.123. The van der Waals surface area contributed by atoms with Gasteiger partial charge in [-0.15, -0.1) is 6.58 Å². The molecule has 6 nitrogen and oxygen atoms in total. The van der Waals surface area contributed by atoms with E-state index >= 15 is 0 Å². The SMILES string of the molecule is C=CCNC(=O)C1CCCN1S(=O)(=O)c1cc(OC)ccc1C. The Hall–Kier alpha value is -1.86. The topological polar surface area (TPSA) is 75.7 Å². The van der Waals surface area contributed by atoms with Gasteiger partial charge >= 0.3 is 0 Å². The molecule has 126 valence electrons. The van der Waals surface area contributed by atoms with Crippen LogP contribution in [0.4, 0.5) is 0 Å². The molecule has 1 aliphatic rings. The third-order valence-electron chi connectivity index (χ3n) is 3.91. The van der Waals surface area contributed by atoms with E-state index in [1.807, 2.05) is 0 Å². The van der Waals surface area contributed by atoms with Gasteiger partial charge in [0.25, 0.3) is 0 Å². The Balaban J connectivity index is 2.34. The normalized spacial score (nSPS) is 18.6. The van der Waals surface area contributed by atoms with Crippen LogP contribution in [0.1, 0.15) is 18.4 Å². The highest BCUT2D eigenvalue weighted by Gasteiger charge is 2.39. The van der Waals surface area contributed by atoms with Crippen molar-refractivity contribution in [2.24, 2.45) is 0 Å². The maximum atomic E-state index is 13.0. The molecule has 0 bridgehead atoms. The van der Waals surface area contributed by atoms with E-state index in [1.54, 1.807) is 25.1 Å². The Labute approximate surface area is 137 Å². The summed E-state index contributed by atoms with van der Waals surface area (Å²) < 4.78 is 32.4. The molecule has 1 unspecified atom stereocenters. The molecule has 1 aromatic carbocycles. The second-order valence-electron chi connectivity index (χ2n) is 5.44. The molecule has 0 aromatic heterocycles. The number of nitrogens with zero attached hydrogens (tertiary/aromatic N) is 1. The standard InChI is InChI=1S/C16H22N2O4S/c1-4-9-17-16(19)14-6-5-10-18(14)23(20,21)15-11-13(22-3)8-7-12(15)2/h4,7-8,11,14H,1,5-6,9-10H2,2-3H3,(H,17,19). The molecular weight excluding hydrogens is 316 g/mol. The van der Waals surface area contributed by atoms with E-state index in [0.29, 0.717) is 37.2 Å². The fourth-order valence-electron chi connectivity index (χ4n) is 2.69. The summed E-state index contributed by atoms with van der Waals surface area (Å²) in [5, 5.41) is 2.68. The molecule has 1 fully saturated rings. The van der Waals surface area contributed by atoms with Crippen LogP contribution in [0.15, 0.2) is 35.7 Å². The number of aryl methyl sites for hydroxylation is 1. The van der Waals surface area contributed by atoms with Gasteiger partial charge in [-0.1, -0.05) is 12.1 Å². The van der Waals surface area contributed by atoms with Gasteiger partial charge in [-0.25, -0.2) is 8.42 Å². The van der Waals surface area contributed by atoms with Crippen molar-refractivity contribution in [1.29, 1.82) is 0 Å². The minimum atomic E-state index is -3.75. The zero-order chi connectivity index (χ0) is 17.0. The summed E-state index contributed by atoms with van der Waals surface area (Å²) in [6, 6.07) is 4.24. The molecule has 1 N–H and O–H groups in total. The molecule has 1 amide bonds. The van der Waals surface area contributed by atoms with E-state index in [9.17, 15) is 13.2 Å². The van der Waals surface area contributed by atoms with Crippen LogP contribution in [0.25, 0.3) is 0 Å². The largest absolute Gasteiger partial charge is 0.497 e. The minimum Gasteiger partial charge on any atom is -0.497 e. The first kappa shape index (κ1) is 17.5. The molecule has 0 saturated carbocycles. The maximum absolute atomic E-state index is 13.0. The number of methoxy groups -OCH3 is 1. The van der Waals surface area contributed by atoms with E-state index in [-0.39, 0.29) is 10.8 Å². The number of amides is 1. The van der Waals surface area contributed by atoms with Crippen molar-refractivity contribution in [1.82, 2.24) is 9.62 Å². The van der Waals surface area contributed by atoms with Gasteiger partial charge in [0.15, 0.2) is 0 Å². The first-order valence-electron chi connectivity index (χ1n) is 7.47. The van der Waals surface area contributed by atoms with E-state index in [2.05, 4.69) is 11.9 Å². The van der Waals surface area contributed by atoms with Crippen molar-refractivity contribution in [3.8, 4) is 5.75 Å². The molecule has 1 heterocycles. The number of rotatable bonds is 6. The van der Waals surface area contributed by atoms with E-state index in [1.165, 1.54) is 17.5 Å². The van der Waals surface area contributed by atoms with Crippen molar-refractivity contribution in [2.75, 3.05) is 20.2 Å². The van der Waals surface area contributed by atoms with Gasteiger partial charge in [-0.3, -0.25) is 4.79 Å². The zero-order valence-electron chi connectivity index (χ0n) is 13.4. The molecule has 1 saturated heterocycles. The van der Waals surface area contributed by atoms with Crippen molar-refractivity contribution in [3.63, 3.8) is 0 Å². The smallest absolute Gasteiger partial charge is 0.244 e. The molecule has 0 aliphatic carbocycles. The number of hydrogen-bond acceptors (Lipinski definition) is 4. The first-order chi connectivity index (χ1) is 10.9. The van der Waals surface area contributed by atoms with Crippen LogP contribution < -0.4 is 10.1 Å². The molecule has 0 radical (unpaired) electrons. The molecule has 1 aliphatic heterocycles. The third-order valence-corrected chi connectivity index (χ3v) is 5.96. The van der Waals surface area contributed by atoms with Crippen LogP contribution in [0, 0.1) is 6.92 Å². The van der Waals surface area contributed by atoms with Crippen molar-refractivity contribution in [2.45, 2.75) is 30.7 Å².